The molecule has 0 atom stereocenters. The standard InChI is InChI=1S/C15H19NO2S/c1-9(11(3)19)14(10(2)16)15(17)12-5-7-13(18-4)8-6-12/h5-8,19H,16H2,1-4H3/b11-9-,14-10-. The Balaban J connectivity index is 3.22. The number of thiol groups is 1. The number of Topliss-reactive ketones (excluding diaryl/α,β-unsaturated/α-hetero) is 1. The molecule has 0 aromatic heterocycles. The molecular formula is C15H19NO2S. The Labute approximate surface area is 119 Å². The van der Waals surface area contributed by atoms with Gasteiger partial charge in [-0.25, -0.2) is 0 Å². The number of hydrogen-bond donors (Lipinski definition) is 2. The maximum atomic E-state index is 12.5. The van der Waals surface area contributed by atoms with Gasteiger partial charge in [0.05, 0.1) is 7.11 Å². The van der Waals surface area contributed by atoms with Crippen LogP contribution in [0.3, 0.4) is 0 Å². The number of carbonyl (C=O) groups is 1. The van der Waals surface area contributed by atoms with Crippen molar-refractivity contribution in [3.05, 3.63) is 51.6 Å². The molecule has 0 aliphatic heterocycles. The first kappa shape index (κ1) is 15.4. The summed E-state index contributed by atoms with van der Waals surface area (Å²) in [5.74, 6) is 0.609. The molecule has 0 aliphatic carbocycles. The van der Waals surface area contributed by atoms with Crippen LogP contribution in [0.25, 0.3) is 0 Å². The highest BCUT2D eigenvalue weighted by Gasteiger charge is 2.17. The maximum absolute atomic E-state index is 12.5. The van der Waals surface area contributed by atoms with E-state index in [0.717, 1.165) is 10.5 Å². The largest absolute Gasteiger partial charge is 0.497 e. The third-order valence-electron chi connectivity index (χ3n) is 2.89. The summed E-state index contributed by atoms with van der Waals surface area (Å²) < 4.78 is 5.07. The molecule has 0 unspecified atom stereocenters. The number of rotatable bonds is 4. The van der Waals surface area contributed by atoms with Crippen LogP contribution in [0.15, 0.2) is 46.0 Å². The number of benzene rings is 1. The number of carbonyl (C=O) groups excluding carboxylic acids is 1. The minimum atomic E-state index is -0.103. The first-order chi connectivity index (χ1) is 8.88. The molecule has 0 fully saturated rings. The molecule has 2 N–H and O–H groups in total. The molecule has 0 radical (unpaired) electrons. The Morgan fingerprint density at radius 3 is 2.05 bits per heavy atom. The lowest BCUT2D eigenvalue weighted by molar-refractivity contribution is 0.103. The minimum absolute atomic E-state index is 0.103. The number of allylic oxidation sites excluding steroid dienone is 4. The summed E-state index contributed by atoms with van der Waals surface area (Å²) >= 11 is 4.28. The highest BCUT2D eigenvalue weighted by molar-refractivity contribution is 7.84. The monoisotopic (exact) mass is 277 g/mol. The number of methoxy groups -OCH3 is 1. The van der Waals surface area contributed by atoms with Crippen LogP contribution >= 0.6 is 12.6 Å². The molecule has 1 rings (SSSR count). The van der Waals surface area contributed by atoms with Gasteiger partial charge in [0.1, 0.15) is 5.75 Å². The molecule has 1 aromatic rings. The number of ether oxygens (including phenoxy) is 1. The highest BCUT2D eigenvalue weighted by Crippen LogP contribution is 2.23. The van der Waals surface area contributed by atoms with Crippen molar-refractivity contribution in [1.29, 1.82) is 0 Å². The van der Waals surface area contributed by atoms with Crippen LogP contribution in [0, 0.1) is 0 Å². The quantitative estimate of drug-likeness (QED) is 0.384. The van der Waals surface area contributed by atoms with Gasteiger partial charge < -0.3 is 10.5 Å². The van der Waals surface area contributed by atoms with Gasteiger partial charge in [-0.2, -0.15) is 0 Å². The average molecular weight is 277 g/mol. The fourth-order valence-corrected chi connectivity index (χ4v) is 1.82. The fraction of sp³-hybridized carbons (Fsp3) is 0.267. The van der Waals surface area contributed by atoms with E-state index in [-0.39, 0.29) is 5.78 Å². The lowest BCUT2D eigenvalue weighted by atomic mass is 9.96. The Bertz CT molecular complexity index is 534. The lowest BCUT2D eigenvalue weighted by Gasteiger charge is -2.11. The van der Waals surface area contributed by atoms with Gasteiger partial charge in [-0.05, 0) is 55.5 Å². The molecule has 4 heteroatoms. The van der Waals surface area contributed by atoms with Crippen molar-refractivity contribution in [2.75, 3.05) is 7.11 Å². The van der Waals surface area contributed by atoms with Gasteiger partial charge in [0.2, 0.25) is 0 Å². The summed E-state index contributed by atoms with van der Waals surface area (Å²) in [6, 6.07) is 6.96. The molecule has 3 nitrogen and oxygen atoms in total. The number of ketones is 1. The van der Waals surface area contributed by atoms with E-state index in [0.29, 0.717) is 22.6 Å². The Kier molecular flexibility index (Phi) is 5.24. The predicted molar refractivity (Wildman–Crippen MR) is 81.6 cm³/mol. The van der Waals surface area contributed by atoms with E-state index in [1.807, 2.05) is 13.8 Å². The summed E-state index contributed by atoms with van der Waals surface area (Å²) in [6.07, 6.45) is 0. The second-order valence-corrected chi connectivity index (χ2v) is 5.00. The number of nitrogens with two attached hydrogens (primary N) is 1. The molecule has 102 valence electrons. The van der Waals surface area contributed by atoms with E-state index in [1.54, 1.807) is 38.3 Å². The zero-order valence-corrected chi connectivity index (χ0v) is 12.5. The first-order valence-electron chi connectivity index (χ1n) is 5.90. The van der Waals surface area contributed by atoms with E-state index in [4.69, 9.17) is 10.5 Å². The van der Waals surface area contributed by atoms with Crippen LogP contribution in [0.1, 0.15) is 31.1 Å². The average Bonchev–Trinajstić information content (AvgIpc) is 2.38. The summed E-state index contributed by atoms with van der Waals surface area (Å²) in [6.45, 7) is 5.40. The van der Waals surface area contributed by atoms with E-state index in [2.05, 4.69) is 12.6 Å². The van der Waals surface area contributed by atoms with Crippen molar-refractivity contribution in [2.24, 2.45) is 5.73 Å². The second-order valence-electron chi connectivity index (χ2n) is 4.33. The zero-order valence-electron chi connectivity index (χ0n) is 11.7. The van der Waals surface area contributed by atoms with E-state index in [1.165, 1.54) is 0 Å². The van der Waals surface area contributed by atoms with Crippen molar-refractivity contribution in [2.45, 2.75) is 20.8 Å². The van der Waals surface area contributed by atoms with Crippen LogP contribution in [0.5, 0.6) is 5.75 Å². The normalized spacial score (nSPS) is 13.5. The molecular weight excluding hydrogens is 258 g/mol. The third-order valence-corrected chi connectivity index (χ3v) is 3.23. The Morgan fingerprint density at radius 2 is 1.68 bits per heavy atom. The molecule has 1 aromatic carbocycles. The second kappa shape index (κ2) is 6.48. The summed E-state index contributed by atoms with van der Waals surface area (Å²) in [5, 5.41) is 0. The van der Waals surface area contributed by atoms with Gasteiger partial charge in [0.25, 0.3) is 0 Å². The topological polar surface area (TPSA) is 52.3 Å². The molecule has 0 amide bonds. The van der Waals surface area contributed by atoms with Crippen LogP contribution in [-0.4, -0.2) is 12.9 Å². The molecule has 0 saturated heterocycles. The van der Waals surface area contributed by atoms with Gasteiger partial charge in [-0.1, -0.05) is 0 Å². The number of hydrogen-bond acceptors (Lipinski definition) is 4. The zero-order chi connectivity index (χ0) is 14.6. The molecule has 0 saturated carbocycles. The van der Waals surface area contributed by atoms with E-state index < -0.39 is 0 Å². The fourth-order valence-electron chi connectivity index (χ4n) is 1.71. The molecule has 0 spiro atoms. The third kappa shape index (κ3) is 3.64. The van der Waals surface area contributed by atoms with Crippen LogP contribution in [0.4, 0.5) is 0 Å². The predicted octanol–water partition coefficient (Wildman–Crippen LogP) is 3.33. The van der Waals surface area contributed by atoms with Gasteiger partial charge in [0, 0.05) is 16.8 Å². The lowest BCUT2D eigenvalue weighted by Crippen LogP contribution is -2.11. The molecule has 0 heterocycles. The van der Waals surface area contributed by atoms with Crippen LogP contribution in [0.2, 0.25) is 0 Å². The minimum Gasteiger partial charge on any atom is -0.497 e. The summed E-state index contributed by atoms with van der Waals surface area (Å²) in [4.78, 5) is 13.3. The van der Waals surface area contributed by atoms with Crippen molar-refractivity contribution in [1.82, 2.24) is 0 Å². The SMILES string of the molecule is COc1ccc(C(=O)C(=C(/C)N)/C(C)=C(/C)S)cc1. The van der Waals surface area contributed by atoms with Crippen LogP contribution in [-0.2, 0) is 0 Å². The van der Waals surface area contributed by atoms with Crippen molar-refractivity contribution in [3.63, 3.8) is 0 Å². The van der Waals surface area contributed by atoms with Gasteiger partial charge >= 0.3 is 0 Å². The van der Waals surface area contributed by atoms with Gasteiger partial charge in [0.15, 0.2) is 5.78 Å². The van der Waals surface area contributed by atoms with Crippen LogP contribution < -0.4 is 10.5 Å². The molecule has 19 heavy (non-hydrogen) atoms. The Morgan fingerprint density at radius 1 is 1.16 bits per heavy atom. The maximum Gasteiger partial charge on any atom is 0.195 e. The van der Waals surface area contributed by atoms with Crippen molar-refractivity contribution >= 4 is 18.4 Å². The summed E-state index contributed by atoms with van der Waals surface area (Å²) in [7, 11) is 1.59. The molecule has 0 bridgehead atoms. The van der Waals surface area contributed by atoms with E-state index >= 15 is 0 Å². The van der Waals surface area contributed by atoms with E-state index in [9.17, 15) is 4.79 Å². The Hall–Kier alpha value is -1.68. The van der Waals surface area contributed by atoms with Crippen molar-refractivity contribution < 1.29 is 9.53 Å². The van der Waals surface area contributed by atoms with Gasteiger partial charge in [-0.3, -0.25) is 4.79 Å². The molecule has 0 aliphatic rings. The first-order valence-corrected chi connectivity index (χ1v) is 6.35. The van der Waals surface area contributed by atoms with Crippen molar-refractivity contribution in [3.8, 4) is 5.75 Å². The van der Waals surface area contributed by atoms with Gasteiger partial charge in [-0.15, -0.1) is 12.6 Å². The smallest absolute Gasteiger partial charge is 0.195 e. The highest BCUT2D eigenvalue weighted by atomic mass is 32.1. The summed E-state index contributed by atoms with van der Waals surface area (Å²) in [5.41, 5.74) is 8.21.